The van der Waals surface area contributed by atoms with Gasteiger partial charge in [0.05, 0.1) is 0 Å². The summed E-state index contributed by atoms with van der Waals surface area (Å²) in [4.78, 5) is 0. The maximum absolute atomic E-state index is 6.31. The summed E-state index contributed by atoms with van der Waals surface area (Å²) in [5.74, 6) is 0. The molecule has 0 saturated carbocycles. The van der Waals surface area contributed by atoms with Crippen molar-refractivity contribution in [3.8, 4) is 0 Å². The first-order valence-corrected chi connectivity index (χ1v) is 6.73. The second-order valence-electron chi connectivity index (χ2n) is 4.47. The number of allylic oxidation sites excluding steroid dienone is 4. The van der Waals surface area contributed by atoms with Crippen molar-refractivity contribution in [3.05, 3.63) is 64.2 Å². The fourth-order valence-electron chi connectivity index (χ4n) is 2.27. The summed E-state index contributed by atoms with van der Waals surface area (Å²) in [5, 5.41) is 4.24. The molecule has 2 heteroatoms. The maximum Gasteiger partial charge on any atom is 0.0263 e. The lowest BCUT2D eigenvalue weighted by atomic mass is 9.97. The molecule has 2 aromatic rings. The Labute approximate surface area is 117 Å². The van der Waals surface area contributed by atoms with Crippen LogP contribution in [0.5, 0.6) is 0 Å². The van der Waals surface area contributed by atoms with Gasteiger partial charge in [0.1, 0.15) is 0 Å². The van der Waals surface area contributed by atoms with E-state index < -0.39 is 0 Å². The van der Waals surface area contributed by atoms with E-state index in [-0.39, 0.29) is 0 Å². The lowest BCUT2D eigenvalue weighted by Gasteiger charge is -2.14. The molecule has 1 aliphatic carbocycles. The minimum absolute atomic E-state index is 0.832. The van der Waals surface area contributed by atoms with Crippen molar-refractivity contribution >= 4 is 39.5 Å². The third kappa shape index (κ3) is 2.19. The van der Waals surface area contributed by atoms with E-state index in [1.807, 2.05) is 18.2 Å². The van der Waals surface area contributed by atoms with Crippen LogP contribution in [0.15, 0.2) is 58.6 Å². The zero-order valence-corrected chi connectivity index (χ0v) is 11.3. The van der Waals surface area contributed by atoms with E-state index in [4.69, 9.17) is 23.2 Å². The zero-order valence-electron chi connectivity index (χ0n) is 9.79. The summed E-state index contributed by atoms with van der Waals surface area (Å²) in [6, 6.07) is 14.7. The standard InChI is InChI=1S/C16H12Cl2/c17-14-7-8-16(18)15(10-14)13-6-5-11-3-1-2-4-12(11)9-13/h1-6,9-10H,7-8H2. The van der Waals surface area contributed by atoms with Crippen LogP contribution in [0.2, 0.25) is 0 Å². The average molecular weight is 275 g/mol. The van der Waals surface area contributed by atoms with E-state index in [2.05, 4.69) is 30.3 Å². The summed E-state index contributed by atoms with van der Waals surface area (Å²) < 4.78 is 0. The quantitative estimate of drug-likeness (QED) is 0.625. The molecule has 0 heterocycles. The molecule has 0 bridgehead atoms. The highest BCUT2D eigenvalue weighted by molar-refractivity contribution is 6.35. The monoisotopic (exact) mass is 274 g/mol. The Bertz CT molecular complexity index is 666. The molecule has 1 aliphatic rings. The SMILES string of the molecule is ClC1=CC(c2ccc3ccccc3c2)=C(Cl)CC1. The molecule has 0 nitrogen and oxygen atoms in total. The van der Waals surface area contributed by atoms with Crippen LogP contribution in [-0.4, -0.2) is 0 Å². The molecule has 0 atom stereocenters. The summed E-state index contributed by atoms with van der Waals surface area (Å²) in [6.45, 7) is 0. The lowest BCUT2D eigenvalue weighted by Crippen LogP contribution is -1.92. The predicted molar refractivity (Wildman–Crippen MR) is 79.9 cm³/mol. The molecule has 2 aromatic carbocycles. The second-order valence-corrected chi connectivity index (χ2v) is 5.41. The lowest BCUT2D eigenvalue weighted by molar-refractivity contribution is 1.00. The van der Waals surface area contributed by atoms with E-state index >= 15 is 0 Å². The fourth-order valence-corrected chi connectivity index (χ4v) is 2.73. The maximum atomic E-state index is 6.31. The number of benzene rings is 2. The summed E-state index contributed by atoms with van der Waals surface area (Å²) in [5.41, 5.74) is 2.19. The van der Waals surface area contributed by atoms with Crippen molar-refractivity contribution in [3.63, 3.8) is 0 Å². The smallest absolute Gasteiger partial charge is 0.0263 e. The largest absolute Gasteiger partial charge is 0.0891 e. The Hall–Kier alpha value is -1.24. The van der Waals surface area contributed by atoms with Gasteiger partial charge in [-0.1, -0.05) is 59.6 Å². The van der Waals surface area contributed by atoms with Gasteiger partial charge in [-0.3, -0.25) is 0 Å². The van der Waals surface area contributed by atoms with Crippen LogP contribution >= 0.6 is 23.2 Å². The van der Waals surface area contributed by atoms with Crippen LogP contribution in [0.4, 0.5) is 0 Å². The number of halogens is 2. The molecule has 0 spiro atoms. The Balaban J connectivity index is 2.15. The van der Waals surface area contributed by atoms with Gasteiger partial charge in [-0.25, -0.2) is 0 Å². The highest BCUT2D eigenvalue weighted by Gasteiger charge is 2.12. The topological polar surface area (TPSA) is 0 Å². The van der Waals surface area contributed by atoms with Crippen LogP contribution < -0.4 is 0 Å². The second kappa shape index (κ2) is 4.79. The van der Waals surface area contributed by atoms with E-state index in [0.29, 0.717) is 0 Å². The Kier molecular flexibility index (Phi) is 3.15. The molecular formula is C16H12Cl2. The first-order valence-electron chi connectivity index (χ1n) is 5.98. The van der Waals surface area contributed by atoms with Gasteiger partial charge in [-0.05, 0) is 46.9 Å². The Morgan fingerprint density at radius 2 is 1.61 bits per heavy atom. The highest BCUT2D eigenvalue weighted by atomic mass is 35.5. The Morgan fingerprint density at radius 1 is 0.833 bits per heavy atom. The number of rotatable bonds is 1. The first kappa shape index (κ1) is 11.8. The molecule has 0 N–H and O–H groups in total. The van der Waals surface area contributed by atoms with E-state index in [0.717, 1.165) is 34.0 Å². The Morgan fingerprint density at radius 3 is 2.44 bits per heavy atom. The molecule has 90 valence electrons. The number of fused-ring (bicyclic) bond motifs is 1. The van der Waals surface area contributed by atoms with Crippen LogP contribution in [0.1, 0.15) is 18.4 Å². The van der Waals surface area contributed by atoms with Crippen LogP contribution in [0.3, 0.4) is 0 Å². The zero-order chi connectivity index (χ0) is 12.5. The average Bonchev–Trinajstić information content (AvgIpc) is 2.41. The van der Waals surface area contributed by atoms with E-state index in [1.165, 1.54) is 10.8 Å². The molecule has 0 unspecified atom stereocenters. The van der Waals surface area contributed by atoms with Gasteiger partial charge in [0.2, 0.25) is 0 Å². The molecule has 0 amide bonds. The summed E-state index contributed by atoms with van der Waals surface area (Å²) in [7, 11) is 0. The molecule has 0 saturated heterocycles. The van der Waals surface area contributed by atoms with E-state index in [9.17, 15) is 0 Å². The molecular weight excluding hydrogens is 263 g/mol. The molecule has 0 aromatic heterocycles. The number of hydrogen-bond donors (Lipinski definition) is 0. The van der Waals surface area contributed by atoms with Crippen molar-refractivity contribution in [2.75, 3.05) is 0 Å². The summed E-state index contributed by atoms with van der Waals surface area (Å²) in [6.07, 6.45) is 3.66. The van der Waals surface area contributed by atoms with Gasteiger partial charge < -0.3 is 0 Å². The predicted octanol–water partition coefficient (Wildman–Crippen LogP) is 5.71. The molecule has 0 radical (unpaired) electrons. The van der Waals surface area contributed by atoms with Crippen molar-refractivity contribution in [1.82, 2.24) is 0 Å². The van der Waals surface area contributed by atoms with Gasteiger partial charge in [0.15, 0.2) is 0 Å². The van der Waals surface area contributed by atoms with E-state index in [1.54, 1.807) is 0 Å². The van der Waals surface area contributed by atoms with Crippen molar-refractivity contribution in [2.45, 2.75) is 12.8 Å². The minimum Gasteiger partial charge on any atom is -0.0891 e. The van der Waals surface area contributed by atoms with Crippen LogP contribution in [0.25, 0.3) is 16.3 Å². The summed E-state index contributed by atoms with van der Waals surface area (Å²) >= 11 is 12.4. The van der Waals surface area contributed by atoms with Gasteiger partial charge in [0, 0.05) is 10.1 Å². The van der Waals surface area contributed by atoms with Gasteiger partial charge >= 0.3 is 0 Å². The van der Waals surface area contributed by atoms with Gasteiger partial charge in [-0.15, -0.1) is 0 Å². The molecule has 0 aliphatic heterocycles. The minimum atomic E-state index is 0.832. The van der Waals surface area contributed by atoms with Crippen molar-refractivity contribution in [2.24, 2.45) is 0 Å². The van der Waals surface area contributed by atoms with Crippen LogP contribution in [-0.2, 0) is 0 Å². The third-order valence-corrected chi connectivity index (χ3v) is 3.93. The third-order valence-electron chi connectivity index (χ3n) is 3.24. The van der Waals surface area contributed by atoms with Crippen molar-refractivity contribution < 1.29 is 0 Å². The molecule has 0 fully saturated rings. The highest BCUT2D eigenvalue weighted by Crippen LogP contribution is 2.35. The van der Waals surface area contributed by atoms with Crippen LogP contribution in [0, 0.1) is 0 Å². The molecule has 18 heavy (non-hydrogen) atoms. The van der Waals surface area contributed by atoms with Gasteiger partial charge in [0.25, 0.3) is 0 Å². The fraction of sp³-hybridized carbons (Fsp3) is 0.125. The van der Waals surface area contributed by atoms with Crippen molar-refractivity contribution in [1.29, 1.82) is 0 Å². The van der Waals surface area contributed by atoms with Gasteiger partial charge in [-0.2, -0.15) is 0 Å². The first-order chi connectivity index (χ1) is 8.74. The molecule has 3 rings (SSSR count). The number of hydrogen-bond acceptors (Lipinski definition) is 0. The normalized spacial score (nSPS) is 16.0.